The van der Waals surface area contributed by atoms with Crippen LogP contribution in [0.15, 0.2) is 29.0 Å². The highest BCUT2D eigenvalue weighted by atomic mass is 79.9. The fourth-order valence-corrected chi connectivity index (χ4v) is 3.05. The molecule has 0 fully saturated rings. The Morgan fingerprint density at radius 2 is 2.05 bits per heavy atom. The zero-order valence-corrected chi connectivity index (χ0v) is 13.3. The number of nitrogen functional groups attached to an aromatic ring is 1. The summed E-state index contributed by atoms with van der Waals surface area (Å²) in [5.74, 6) is 0.431. The Morgan fingerprint density at radius 3 is 2.80 bits per heavy atom. The van der Waals surface area contributed by atoms with E-state index < -0.39 is 0 Å². The predicted octanol–water partition coefficient (Wildman–Crippen LogP) is 3.94. The summed E-state index contributed by atoms with van der Waals surface area (Å²) in [5.41, 5.74) is 9.75. The third-order valence-corrected chi connectivity index (χ3v) is 4.45. The number of nitrogens with zero attached hydrogens (tertiary/aromatic N) is 3. The van der Waals surface area contributed by atoms with Crippen molar-refractivity contribution in [3.8, 4) is 11.1 Å². The van der Waals surface area contributed by atoms with Crippen molar-refractivity contribution in [1.29, 1.82) is 0 Å². The first-order valence-electron chi connectivity index (χ1n) is 6.01. The topological polar surface area (TPSA) is 56.7 Å². The number of hydrogen-bond acceptors (Lipinski definition) is 3. The van der Waals surface area contributed by atoms with Crippen LogP contribution in [0.2, 0.25) is 5.15 Å². The second-order valence-corrected chi connectivity index (χ2v) is 5.88. The van der Waals surface area contributed by atoms with Crippen molar-refractivity contribution in [3.05, 3.63) is 39.7 Å². The van der Waals surface area contributed by atoms with Gasteiger partial charge in [-0.1, -0.05) is 45.2 Å². The molecule has 0 spiro atoms. The van der Waals surface area contributed by atoms with E-state index in [0.29, 0.717) is 11.0 Å². The van der Waals surface area contributed by atoms with Crippen LogP contribution < -0.4 is 5.73 Å². The van der Waals surface area contributed by atoms with Crippen LogP contribution in [0.4, 0.5) is 5.82 Å². The van der Waals surface area contributed by atoms with E-state index in [0.717, 1.165) is 32.2 Å². The molecule has 102 valence electrons. The van der Waals surface area contributed by atoms with Crippen LogP contribution in [0.5, 0.6) is 0 Å². The Balaban J connectivity index is 2.48. The molecule has 1 aromatic carbocycles. The van der Waals surface area contributed by atoms with Gasteiger partial charge in [0.15, 0.2) is 0 Å². The first-order chi connectivity index (χ1) is 9.50. The van der Waals surface area contributed by atoms with Crippen LogP contribution in [0.3, 0.4) is 0 Å². The van der Waals surface area contributed by atoms with Gasteiger partial charge in [-0.05, 0) is 13.0 Å². The minimum Gasteiger partial charge on any atom is -0.383 e. The van der Waals surface area contributed by atoms with E-state index >= 15 is 0 Å². The van der Waals surface area contributed by atoms with Crippen LogP contribution in [-0.4, -0.2) is 14.5 Å². The SMILES string of the molecule is Cc1ccc(Br)c(-c2c(Cl)n(C)c3ncnc(N)c23)c1. The van der Waals surface area contributed by atoms with E-state index in [4.69, 9.17) is 17.3 Å². The van der Waals surface area contributed by atoms with E-state index in [-0.39, 0.29) is 0 Å². The van der Waals surface area contributed by atoms with Gasteiger partial charge in [-0.2, -0.15) is 0 Å². The second-order valence-electron chi connectivity index (χ2n) is 4.67. The molecule has 3 rings (SSSR count). The van der Waals surface area contributed by atoms with Crippen molar-refractivity contribution in [2.75, 3.05) is 5.73 Å². The van der Waals surface area contributed by atoms with Gasteiger partial charge in [-0.3, -0.25) is 0 Å². The van der Waals surface area contributed by atoms with Gasteiger partial charge in [-0.15, -0.1) is 0 Å². The molecule has 20 heavy (non-hydrogen) atoms. The van der Waals surface area contributed by atoms with Crippen molar-refractivity contribution < 1.29 is 0 Å². The number of hydrogen-bond donors (Lipinski definition) is 1. The summed E-state index contributed by atoms with van der Waals surface area (Å²) in [5, 5.41) is 1.38. The fraction of sp³-hybridized carbons (Fsp3) is 0.143. The third-order valence-electron chi connectivity index (χ3n) is 3.32. The monoisotopic (exact) mass is 350 g/mol. The van der Waals surface area contributed by atoms with Gasteiger partial charge >= 0.3 is 0 Å². The lowest BCUT2D eigenvalue weighted by molar-refractivity contribution is 0.945. The highest BCUT2D eigenvalue weighted by Crippen LogP contribution is 2.41. The summed E-state index contributed by atoms with van der Waals surface area (Å²) < 4.78 is 2.78. The number of rotatable bonds is 1. The van der Waals surface area contributed by atoms with Crippen molar-refractivity contribution in [2.24, 2.45) is 7.05 Å². The molecule has 2 heterocycles. The molecule has 0 radical (unpaired) electrons. The summed E-state index contributed by atoms with van der Waals surface area (Å²) in [6, 6.07) is 6.10. The molecule has 0 aliphatic heterocycles. The van der Waals surface area contributed by atoms with Crippen LogP contribution in [0.1, 0.15) is 5.56 Å². The molecular weight excluding hydrogens is 340 g/mol. The lowest BCUT2D eigenvalue weighted by atomic mass is 10.0. The fourth-order valence-electron chi connectivity index (χ4n) is 2.32. The molecule has 3 aromatic rings. The number of aromatic nitrogens is 3. The standard InChI is InChI=1S/C14H12BrClN4/c1-7-3-4-9(15)8(5-7)10-11-13(17)18-6-19-14(11)20(2)12(10)16/h3-6H,1-2H3,(H2,17,18,19). The van der Waals surface area contributed by atoms with Gasteiger partial charge in [0.1, 0.15) is 22.9 Å². The van der Waals surface area contributed by atoms with E-state index in [1.54, 1.807) is 0 Å². The first kappa shape index (κ1) is 13.4. The summed E-state index contributed by atoms with van der Waals surface area (Å²) in [6.45, 7) is 2.04. The van der Waals surface area contributed by atoms with Gasteiger partial charge in [0, 0.05) is 22.6 Å². The molecule has 4 nitrogen and oxygen atoms in total. The molecule has 0 bridgehead atoms. The maximum absolute atomic E-state index is 6.49. The zero-order valence-electron chi connectivity index (χ0n) is 11.0. The van der Waals surface area contributed by atoms with E-state index in [1.807, 2.05) is 30.7 Å². The average Bonchev–Trinajstić information content (AvgIpc) is 2.67. The first-order valence-corrected chi connectivity index (χ1v) is 7.18. The predicted molar refractivity (Wildman–Crippen MR) is 85.8 cm³/mol. The lowest BCUT2D eigenvalue weighted by Crippen LogP contribution is -1.94. The van der Waals surface area contributed by atoms with Gasteiger partial charge in [0.2, 0.25) is 0 Å². The summed E-state index contributed by atoms with van der Waals surface area (Å²) in [6.07, 6.45) is 1.45. The van der Waals surface area contributed by atoms with E-state index in [2.05, 4.69) is 32.0 Å². The number of benzene rings is 1. The molecule has 2 aromatic heterocycles. The molecule has 0 aliphatic carbocycles. The highest BCUT2D eigenvalue weighted by molar-refractivity contribution is 9.10. The zero-order chi connectivity index (χ0) is 14.4. The number of anilines is 1. The Morgan fingerprint density at radius 1 is 1.30 bits per heavy atom. The van der Waals surface area contributed by atoms with Crippen LogP contribution in [0, 0.1) is 6.92 Å². The highest BCUT2D eigenvalue weighted by Gasteiger charge is 2.20. The van der Waals surface area contributed by atoms with Crippen LogP contribution in [-0.2, 0) is 7.05 Å². The number of fused-ring (bicyclic) bond motifs is 1. The Labute approximate surface area is 129 Å². The molecule has 0 amide bonds. The molecule has 0 unspecified atom stereocenters. The Hall–Kier alpha value is -1.59. The largest absolute Gasteiger partial charge is 0.383 e. The molecule has 0 aliphatic rings. The minimum atomic E-state index is 0.431. The van der Waals surface area contributed by atoms with Gasteiger partial charge in [-0.25, -0.2) is 9.97 Å². The van der Waals surface area contributed by atoms with Crippen LogP contribution in [0.25, 0.3) is 22.2 Å². The van der Waals surface area contributed by atoms with Crippen molar-refractivity contribution >= 4 is 44.4 Å². The molecule has 0 saturated heterocycles. The minimum absolute atomic E-state index is 0.431. The Kier molecular flexibility index (Phi) is 3.18. The summed E-state index contributed by atoms with van der Waals surface area (Å²) in [7, 11) is 1.87. The third kappa shape index (κ3) is 1.89. The number of aryl methyl sites for hydroxylation is 2. The van der Waals surface area contributed by atoms with Crippen molar-refractivity contribution in [3.63, 3.8) is 0 Å². The quantitative estimate of drug-likeness (QED) is 0.722. The molecule has 0 saturated carbocycles. The van der Waals surface area contributed by atoms with Crippen molar-refractivity contribution in [1.82, 2.24) is 14.5 Å². The summed E-state index contributed by atoms with van der Waals surface area (Å²) in [4.78, 5) is 8.35. The molecule has 6 heteroatoms. The summed E-state index contributed by atoms with van der Waals surface area (Å²) >= 11 is 10.1. The number of halogens is 2. The second kappa shape index (κ2) is 4.75. The maximum atomic E-state index is 6.49. The molecule has 0 atom stereocenters. The van der Waals surface area contributed by atoms with E-state index in [9.17, 15) is 0 Å². The molecular formula is C14H12BrClN4. The van der Waals surface area contributed by atoms with Gasteiger partial charge in [0.05, 0.1) is 5.39 Å². The van der Waals surface area contributed by atoms with Crippen LogP contribution >= 0.6 is 27.5 Å². The van der Waals surface area contributed by atoms with Gasteiger partial charge < -0.3 is 10.3 Å². The Bertz CT molecular complexity index is 826. The molecule has 2 N–H and O–H groups in total. The lowest BCUT2D eigenvalue weighted by Gasteiger charge is -2.06. The normalized spacial score (nSPS) is 11.2. The average molecular weight is 352 g/mol. The maximum Gasteiger partial charge on any atom is 0.147 e. The number of nitrogens with two attached hydrogens (primary N) is 1. The smallest absolute Gasteiger partial charge is 0.147 e. The van der Waals surface area contributed by atoms with Crippen molar-refractivity contribution in [2.45, 2.75) is 6.92 Å². The van der Waals surface area contributed by atoms with Gasteiger partial charge in [0.25, 0.3) is 0 Å². The van der Waals surface area contributed by atoms with E-state index in [1.165, 1.54) is 6.33 Å².